The smallest absolute Gasteiger partial charge is 0.226 e. The fourth-order valence-electron chi connectivity index (χ4n) is 3.82. The third-order valence-corrected chi connectivity index (χ3v) is 5.56. The van der Waals surface area contributed by atoms with E-state index >= 15 is 0 Å². The van der Waals surface area contributed by atoms with Crippen molar-refractivity contribution in [3.05, 3.63) is 71.6 Å². The molecule has 1 N–H and O–H groups in total. The Kier molecular flexibility index (Phi) is 6.02. The highest BCUT2D eigenvalue weighted by atomic mass is 16.5. The summed E-state index contributed by atoms with van der Waals surface area (Å²) >= 11 is 0. The summed E-state index contributed by atoms with van der Waals surface area (Å²) in [4.78, 5) is 11.4. The van der Waals surface area contributed by atoms with Crippen LogP contribution in [0.3, 0.4) is 0 Å². The molecular formula is C24H28N4O2. The van der Waals surface area contributed by atoms with E-state index in [0.717, 1.165) is 42.5 Å². The molecule has 0 radical (unpaired) electrons. The molecule has 0 bridgehead atoms. The topological polar surface area (TPSA) is 62.9 Å². The maximum Gasteiger partial charge on any atom is 0.226 e. The van der Waals surface area contributed by atoms with Gasteiger partial charge in [-0.3, -0.25) is 4.99 Å². The predicted octanol–water partition coefficient (Wildman–Crippen LogP) is 4.22. The molecule has 2 aromatic carbocycles. The van der Waals surface area contributed by atoms with Gasteiger partial charge in [0.1, 0.15) is 12.0 Å². The second-order valence-corrected chi connectivity index (χ2v) is 7.62. The van der Waals surface area contributed by atoms with Crippen LogP contribution in [0.25, 0.3) is 11.5 Å². The largest absolute Gasteiger partial charge is 0.497 e. The minimum Gasteiger partial charge on any atom is -0.497 e. The Labute approximate surface area is 177 Å². The lowest BCUT2D eigenvalue weighted by Crippen LogP contribution is -2.39. The lowest BCUT2D eigenvalue weighted by atomic mass is 9.98. The SMILES string of the molecule is CN=C(NCc1coc(-c2ccc(C)cc2)n1)N1CCC(c2ccc(OC)cc2)C1. The molecule has 1 atom stereocenters. The maximum atomic E-state index is 5.66. The van der Waals surface area contributed by atoms with E-state index in [0.29, 0.717) is 18.4 Å². The highest BCUT2D eigenvalue weighted by Gasteiger charge is 2.26. The molecule has 0 aliphatic carbocycles. The lowest BCUT2D eigenvalue weighted by molar-refractivity contribution is 0.414. The van der Waals surface area contributed by atoms with E-state index in [2.05, 4.69) is 51.4 Å². The summed E-state index contributed by atoms with van der Waals surface area (Å²) in [6.45, 7) is 4.56. The van der Waals surface area contributed by atoms with Crippen LogP contribution < -0.4 is 10.1 Å². The first-order chi connectivity index (χ1) is 14.7. The van der Waals surface area contributed by atoms with Crippen molar-refractivity contribution in [2.75, 3.05) is 27.2 Å². The number of hydrogen-bond acceptors (Lipinski definition) is 4. The van der Waals surface area contributed by atoms with Crippen molar-refractivity contribution in [1.29, 1.82) is 0 Å². The van der Waals surface area contributed by atoms with Gasteiger partial charge >= 0.3 is 0 Å². The summed E-state index contributed by atoms with van der Waals surface area (Å²) in [5.41, 5.74) is 4.40. The van der Waals surface area contributed by atoms with Crippen molar-refractivity contribution >= 4 is 5.96 Å². The van der Waals surface area contributed by atoms with E-state index in [1.165, 1.54) is 11.1 Å². The van der Waals surface area contributed by atoms with Gasteiger partial charge in [-0.25, -0.2) is 4.98 Å². The number of aryl methyl sites for hydroxylation is 1. The molecule has 4 rings (SSSR count). The summed E-state index contributed by atoms with van der Waals surface area (Å²) in [6.07, 6.45) is 2.81. The van der Waals surface area contributed by atoms with E-state index in [1.54, 1.807) is 13.4 Å². The van der Waals surface area contributed by atoms with Crippen LogP contribution >= 0.6 is 0 Å². The average Bonchev–Trinajstić information content (AvgIpc) is 3.45. The van der Waals surface area contributed by atoms with Crippen molar-refractivity contribution in [2.45, 2.75) is 25.8 Å². The van der Waals surface area contributed by atoms with Gasteiger partial charge in [-0.15, -0.1) is 0 Å². The van der Waals surface area contributed by atoms with Gasteiger partial charge in [0.2, 0.25) is 5.89 Å². The third-order valence-electron chi connectivity index (χ3n) is 5.56. The van der Waals surface area contributed by atoms with E-state index in [9.17, 15) is 0 Å². The molecule has 0 amide bonds. The highest BCUT2D eigenvalue weighted by molar-refractivity contribution is 5.80. The number of aromatic nitrogens is 1. The second-order valence-electron chi connectivity index (χ2n) is 7.62. The van der Waals surface area contributed by atoms with Gasteiger partial charge in [0.05, 0.1) is 19.3 Å². The van der Waals surface area contributed by atoms with E-state index < -0.39 is 0 Å². The number of nitrogens with zero attached hydrogens (tertiary/aromatic N) is 3. The zero-order valence-corrected chi connectivity index (χ0v) is 17.8. The zero-order valence-electron chi connectivity index (χ0n) is 17.8. The van der Waals surface area contributed by atoms with Crippen molar-refractivity contribution in [2.24, 2.45) is 4.99 Å². The molecule has 156 valence electrons. The van der Waals surface area contributed by atoms with Gasteiger partial charge in [-0.1, -0.05) is 29.8 Å². The van der Waals surface area contributed by atoms with Crippen LogP contribution in [-0.4, -0.2) is 43.1 Å². The number of benzene rings is 2. The van der Waals surface area contributed by atoms with Crippen LogP contribution in [-0.2, 0) is 6.54 Å². The van der Waals surface area contributed by atoms with Crippen molar-refractivity contribution in [3.8, 4) is 17.2 Å². The number of nitrogens with one attached hydrogen (secondary N) is 1. The first kappa shape index (κ1) is 20.0. The first-order valence-corrected chi connectivity index (χ1v) is 10.3. The number of oxazole rings is 1. The summed E-state index contributed by atoms with van der Waals surface area (Å²) in [6, 6.07) is 16.6. The minimum absolute atomic E-state index is 0.495. The Bertz CT molecular complexity index is 993. The number of aliphatic imine (C=N–C) groups is 1. The van der Waals surface area contributed by atoms with E-state index in [-0.39, 0.29) is 0 Å². The quantitative estimate of drug-likeness (QED) is 0.509. The van der Waals surface area contributed by atoms with Crippen LogP contribution in [0, 0.1) is 6.92 Å². The minimum atomic E-state index is 0.495. The first-order valence-electron chi connectivity index (χ1n) is 10.3. The predicted molar refractivity (Wildman–Crippen MR) is 119 cm³/mol. The molecule has 0 saturated carbocycles. The molecule has 1 fully saturated rings. The monoisotopic (exact) mass is 404 g/mol. The molecule has 1 aromatic heterocycles. The molecule has 6 nitrogen and oxygen atoms in total. The van der Waals surface area contributed by atoms with Crippen LogP contribution in [0.2, 0.25) is 0 Å². The standard InChI is InChI=1S/C24H28N4O2/c1-17-4-6-19(7-5-17)23-27-21(16-30-23)14-26-24(25-2)28-13-12-20(15-28)18-8-10-22(29-3)11-9-18/h4-11,16,20H,12-15H2,1-3H3,(H,25,26). The van der Waals surface area contributed by atoms with E-state index in [1.807, 2.05) is 31.3 Å². The van der Waals surface area contributed by atoms with Crippen LogP contribution in [0.1, 0.15) is 29.2 Å². The van der Waals surface area contributed by atoms with Crippen molar-refractivity contribution < 1.29 is 9.15 Å². The van der Waals surface area contributed by atoms with Gasteiger partial charge in [-0.2, -0.15) is 0 Å². The Morgan fingerprint density at radius 1 is 1.20 bits per heavy atom. The number of guanidine groups is 1. The summed E-state index contributed by atoms with van der Waals surface area (Å²) in [5.74, 6) is 2.92. The van der Waals surface area contributed by atoms with Crippen molar-refractivity contribution in [3.63, 3.8) is 0 Å². The molecule has 1 aliphatic rings. The fraction of sp³-hybridized carbons (Fsp3) is 0.333. The van der Waals surface area contributed by atoms with Gasteiger partial charge in [-0.05, 0) is 43.2 Å². The molecule has 1 unspecified atom stereocenters. The molecule has 6 heteroatoms. The Balaban J connectivity index is 1.34. The number of likely N-dealkylation sites (tertiary alicyclic amines) is 1. The molecule has 30 heavy (non-hydrogen) atoms. The number of hydrogen-bond donors (Lipinski definition) is 1. The normalized spacial score (nSPS) is 16.7. The third kappa shape index (κ3) is 4.48. The summed E-state index contributed by atoms with van der Waals surface area (Å²) in [5, 5.41) is 3.43. The van der Waals surface area contributed by atoms with E-state index in [4.69, 9.17) is 9.15 Å². The molecule has 1 saturated heterocycles. The Morgan fingerprint density at radius 3 is 2.67 bits per heavy atom. The van der Waals surface area contributed by atoms with Crippen LogP contribution in [0.5, 0.6) is 5.75 Å². The Morgan fingerprint density at radius 2 is 1.97 bits per heavy atom. The highest BCUT2D eigenvalue weighted by Crippen LogP contribution is 2.28. The number of rotatable bonds is 5. The molecule has 1 aliphatic heterocycles. The molecular weight excluding hydrogens is 376 g/mol. The lowest BCUT2D eigenvalue weighted by Gasteiger charge is -2.21. The molecule has 3 aromatic rings. The van der Waals surface area contributed by atoms with Gasteiger partial charge in [0, 0.05) is 31.6 Å². The molecule has 0 spiro atoms. The van der Waals surface area contributed by atoms with Gasteiger partial charge in [0.25, 0.3) is 0 Å². The van der Waals surface area contributed by atoms with Crippen molar-refractivity contribution in [1.82, 2.24) is 15.2 Å². The zero-order chi connectivity index (χ0) is 20.9. The second kappa shape index (κ2) is 9.03. The summed E-state index contributed by atoms with van der Waals surface area (Å²) in [7, 11) is 3.52. The number of ether oxygens (including phenoxy) is 1. The maximum absolute atomic E-state index is 5.66. The average molecular weight is 405 g/mol. The summed E-state index contributed by atoms with van der Waals surface area (Å²) < 4.78 is 10.9. The van der Waals surface area contributed by atoms with Gasteiger partial charge in [0.15, 0.2) is 5.96 Å². The number of methoxy groups -OCH3 is 1. The fourth-order valence-corrected chi connectivity index (χ4v) is 3.82. The van der Waals surface area contributed by atoms with Gasteiger partial charge < -0.3 is 19.4 Å². The molecule has 2 heterocycles. The Hall–Kier alpha value is -3.28. The van der Waals surface area contributed by atoms with Crippen LogP contribution in [0.15, 0.2) is 64.2 Å². The van der Waals surface area contributed by atoms with Crippen LogP contribution in [0.4, 0.5) is 0 Å².